The molecule has 1 rings (SSSR count). The van der Waals surface area contributed by atoms with Gasteiger partial charge in [-0.15, -0.1) is 0 Å². The first kappa shape index (κ1) is 16.3. The van der Waals surface area contributed by atoms with Crippen molar-refractivity contribution in [2.24, 2.45) is 0 Å². The van der Waals surface area contributed by atoms with E-state index >= 15 is 0 Å². The maximum atomic E-state index is 13.3. The molecular formula is C14H18F3NO2. The number of unbranched alkanes of at least 4 members (excludes halogenated alkanes) is 2. The van der Waals surface area contributed by atoms with E-state index in [0.717, 1.165) is 18.6 Å². The third-order valence-electron chi connectivity index (χ3n) is 2.71. The van der Waals surface area contributed by atoms with Crippen molar-refractivity contribution in [3.05, 3.63) is 29.6 Å². The Labute approximate surface area is 116 Å². The van der Waals surface area contributed by atoms with Crippen LogP contribution >= 0.6 is 0 Å². The van der Waals surface area contributed by atoms with Crippen molar-refractivity contribution in [2.45, 2.75) is 32.6 Å². The van der Waals surface area contributed by atoms with Crippen molar-refractivity contribution in [3.63, 3.8) is 0 Å². The SMILES string of the molecule is CCOC(=O)CCCCCNc1ccc(F)c(F)c1F. The van der Waals surface area contributed by atoms with Crippen molar-refractivity contribution >= 4 is 11.7 Å². The summed E-state index contributed by atoms with van der Waals surface area (Å²) in [5.74, 6) is -4.12. The molecule has 0 bridgehead atoms. The molecule has 1 aromatic carbocycles. The predicted molar refractivity (Wildman–Crippen MR) is 69.9 cm³/mol. The van der Waals surface area contributed by atoms with Crippen LogP contribution < -0.4 is 5.32 Å². The molecule has 0 fully saturated rings. The van der Waals surface area contributed by atoms with Crippen LogP contribution in [0.25, 0.3) is 0 Å². The minimum atomic E-state index is -1.47. The van der Waals surface area contributed by atoms with Crippen LogP contribution in [0.4, 0.5) is 18.9 Å². The maximum absolute atomic E-state index is 13.3. The summed E-state index contributed by atoms with van der Waals surface area (Å²) in [5.41, 5.74) is -0.0608. The van der Waals surface area contributed by atoms with Gasteiger partial charge in [0.15, 0.2) is 17.5 Å². The van der Waals surface area contributed by atoms with Crippen LogP contribution in [-0.2, 0) is 9.53 Å². The third kappa shape index (κ3) is 5.11. The third-order valence-corrected chi connectivity index (χ3v) is 2.71. The number of halogens is 3. The summed E-state index contributed by atoms with van der Waals surface area (Å²) in [6.07, 6.45) is 2.49. The Balaban J connectivity index is 2.22. The van der Waals surface area contributed by atoms with Gasteiger partial charge in [-0.1, -0.05) is 6.42 Å². The second-order valence-electron chi connectivity index (χ2n) is 4.27. The minimum Gasteiger partial charge on any atom is -0.466 e. The quantitative estimate of drug-likeness (QED) is 0.451. The van der Waals surface area contributed by atoms with E-state index in [1.807, 2.05) is 0 Å². The number of esters is 1. The first-order valence-electron chi connectivity index (χ1n) is 6.59. The lowest BCUT2D eigenvalue weighted by atomic mass is 10.2. The fraction of sp³-hybridized carbons (Fsp3) is 0.500. The van der Waals surface area contributed by atoms with Gasteiger partial charge in [-0.05, 0) is 31.9 Å². The molecule has 1 aromatic rings. The van der Waals surface area contributed by atoms with Crippen LogP contribution in [0, 0.1) is 17.5 Å². The summed E-state index contributed by atoms with van der Waals surface area (Å²) >= 11 is 0. The molecule has 0 saturated heterocycles. The topological polar surface area (TPSA) is 38.3 Å². The summed E-state index contributed by atoms with van der Waals surface area (Å²) in [5, 5.41) is 2.70. The highest BCUT2D eigenvalue weighted by atomic mass is 19.2. The number of nitrogens with one attached hydrogen (secondary N) is 1. The molecule has 0 spiro atoms. The molecule has 112 valence electrons. The van der Waals surface area contributed by atoms with E-state index in [2.05, 4.69) is 5.32 Å². The van der Waals surface area contributed by atoms with Crippen LogP contribution in [0.5, 0.6) is 0 Å². The van der Waals surface area contributed by atoms with E-state index in [0.29, 0.717) is 32.4 Å². The average Bonchev–Trinajstić information content (AvgIpc) is 2.42. The first-order chi connectivity index (χ1) is 9.56. The number of hydrogen-bond donors (Lipinski definition) is 1. The van der Waals surface area contributed by atoms with Crippen LogP contribution in [0.15, 0.2) is 12.1 Å². The van der Waals surface area contributed by atoms with Gasteiger partial charge in [0.25, 0.3) is 0 Å². The largest absolute Gasteiger partial charge is 0.466 e. The Kier molecular flexibility index (Phi) is 6.90. The average molecular weight is 289 g/mol. The smallest absolute Gasteiger partial charge is 0.305 e. The van der Waals surface area contributed by atoms with Crippen LogP contribution in [-0.4, -0.2) is 19.1 Å². The minimum absolute atomic E-state index is 0.0608. The molecule has 0 heterocycles. The number of ether oxygens (including phenoxy) is 1. The van der Waals surface area contributed by atoms with Crippen molar-refractivity contribution in [2.75, 3.05) is 18.5 Å². The van der Waals surface area contributed by atoms with Crippen molar-refractivity contribution < 1.29 is 22.7 Å². The molecule has 6 heteroatoms. The zero-order valence-electron chi connectivity index (χ0n) is 11.3. The Morgan fingerprint density at radius 1 is 1.15 bits per heavy atom. The van der Waals surface area contributed by atoms with Crippen molar-refractivity contribution in [3.8, 4) is 0 Å². The molecule has 0 aliphatic rings. The van der Waals surface area contributed by atoms with E-state index in [9.17, 15) is 18.0 Å². The highest BCUT2D eigenvalue weighted by Crippen LogP contribution is 2.19. The molecule has 0 aliphatic heterocycles. The number of rotatable bonds is 8. The molecule has 0 aliphatic carbocycles. The van der Waals surface area contributed by atoms with Gasteiger partial charge in [-0.25, -0.2) is 13.2 Å². The second-order valence-corrected chi connectivity index (χ2v) is 4.27. The second kappa shape index (κ2) is 8.45. The van der Waals surface area contributed by atoms with E-state index in [1.165, 1.54) is 0 Å². The number of carbonyl (C=O) groups excluding carboxylic acids is 1. The lowest BCUT2D eigenvalue weighted by molar-refractivity contribution is -0.143. The van der Waals surface area contributed by atoms with Crippen molar-refractivity contribution in [1.29, 1.82) is 0 Å². The molecule has 0 unspecified atom stereocenters. The first-order valence-corrected chi connectivity index (χ1v) is 6.59. The highest BCUT2D eigenvalue weighted by molar-refractivity contribution is 5.69. The summed E-state index contributed by atoms with van der Waals surface area (Å²) in [6.45, 7) is 2.54. The Morgan fingerprint density at radius 2 is 1.90 bits per heavy atom. The summed E-state index contributed by atoms with van der Waals surface area (Å²) in [7, 11) is 0. The van der Waals surface area contributed by atoms with Gasteiger partial charge < -0.3 is 10.1 Å². The van der Waals surface area contributed by atoms with Gasteiger partial charge in [0.1, 0.15) is 0 Å². The Hall–Kier alpha value is -1.72. The normalized spacial score (nSPS) is 10.4. The fourth-order valence-electron chi connectivity index (χ4n) is 1.69. The summed E-state index contributed by atoms with van der Waals surface area (Å²) < 4.78 is 43.7. The standard InChI is InChI=1S/C14H18F3NO2/c1-2-20-12(19)6-4-3-5-9-18-11-8-7-10(15)13(16)14(11)17/h7-8,18H,2-6,9H2,1H3. The van der Waals surface area contributed by atoms with E-state index in [4.69, 9.17) is 4.74 Å². The summed E-state index contributed by atoms with van der Waals surface area (Å²) in [6, 6.07) is 2.04. The van der Waals surface area contributed by atoms with Gasteiger partial charge in [0.2, 0.25) is 0 Å². The molecule has 0 saturated carbocycles. The zero-order chi connectivity index (χ0) is 15.0. The van der Waals surface area contributed by atoms with Gasteiger partial charge in [0.05, 0.1) is 12.3 Å². The number of benzene rings is 1. The maximum Gasteiger partial charge on any atom is 0.305 e. The fourth-order valence-corrected chi connectivity index (χ4v) is 1.69. The van der Waals surface area contributed by atoms with Crippen LogP contribution in [0.2, 0.25) is 0 Å². The molecule has 20 heavy (non-hydrogen) atoms. The molecule has 1 N–H and O–H groups in total. The number of carbonyl (C=O) groups is 1. The van der Waals surface area contributed by atoms with Gasteiger partial charge in [-0.3, -0.25) is 4.79 Å². The molecule has 0 atom stereocenters. The highest BCUT2D eigenvalue weighted by Gasteiger charge is 2.12. The summed E-state index contributed by atoms with van der Waals surface area (Å²) in [4.78, 5) is 11.0. The lowest BCUT2D eigenvalue weighted by Crippen LogP contribution is -2.06. The Bertz CT molecular complexity index is 452. The van der Waals surface area contributed by atoms with Crippen LogP contribution in [0.1, 0.15) is 32.6 Å². The van der Waals surface area contributed by atoms with E-state index in [-0.39, 0.29) is 11.7 Å². The molecule has 0 radical (unpaired) electrons. The van der Waals surface area contributed by atoms with Gasteiger partial charge in [0, 0.05) is 13.0 Å². The van der Waals surface area contributed by atoms with Crippen molar-refractivity contribution in [1.82, 2.24) is 0 Å². The van der Waals surface area contributed by atoms with Crippen LogP contribution in [0.3, 0.4) is 0 Å². The lowest BCUT2D eigenvalue weighted by Gasteiger charge is -2.08. The zero-order valence-corrected chi connectivity index (χ0v) is 11.3. The molecule has 3 nitrogen and oxygen atoms in total. The monoisotopic (exact) mass is 289 g/mol. The predicted octanol–water partition coefficient (Wildman–Crippen LogP) is 3.64. The van der Waals surface area contributed by atoms with Gasteiger partial charge in [-0.2, -0.15) is 0 Å². The molecule has 0 aromatic heterocycles. The van der Waals surface area contributed by atoms with E-state index < -0.39 is 17.5 Å². The number of anilines is 1. The molecule has 0 amide bonds. The van der Waals surface area contributed by atoms with E-state index in [1.54, 1.807) is 6.92 Å². The number of hydrogen-bond acceptors (Lipinski definition) is 3. The van der Waals surface area contributed by atoms with Gasteiger partial charge >= 0.3 is 5.97 Å². The Morgan fingerprint density at radius 3 is 2.60 bits per heavy atom. The molecular weight excluding hydrogens is 271 g/mol.